The predicted octanol–water partition coefficient (Wildman–Crippen LogP) is 3.17. The third kappa shape index (κ3) is 10.6. The zero-order valence-corrected chi connectivity index (χ0v) is 23.1. The highest BCUT2D eigenvalue weighted by atomic mass is 127. The number of carbonyl (C=O) groups excluding carboxylic acids is 1. The Hall–Kier alpha value is -1.39. The maximum Gasteiger partial charge on any atom is 0.220 e. The number of aliphatic hydroxyl groups is 1. The maximum absolute atomic E-state index is 11.3. The normalized spacial score (nSPS) is 16.7. The molecule has 0 radical (unpaired) electrons. The molecule has 1 saturated heterocycles. The maximum atomic E-state index is 11.3. The Balaban J connectivity index is 0.00000544. The molecule has 7 nitrogen and oxygen atoms in total. The molecule has 0 aliphatic carbocycles. The van der Waals surface area contributed by atoms with Gasteiger partial charge >= 0.3 is 0 Å². The molecule has 1 amide bonds. The Kier molecular flexibility index (Phi) is 13.3. The number of unbranched alkanes of at least 4 members (excludes halogenated alkanes) is 1. The van der Waals surface area contributed by atoms with Crippen LogP contribution in [0.4, 0.5) is 0 Å². The number of rotatable bonds is 10. The number of piperidine rings is 1. The van der Waals surface area contributed by atoms with Crippen LogP contribution in [0.15, 0.2) is 29.3 Å². The lowest BCUT2D eigenvalue weighted by atomic mass is 9.86. The van der Waals surface area contributed by atoms with Crippen LogP contribution in [0.3, 0.4) is 0 Å². The number of nitrogens with one attached hydrogen (secondary N) is 2. The minimum Gasteiger partial charge on any atom is -0.386 e. The first-order valence-electron chi connectivity index (χ1n) is 12.0. The second kappa shape index (κ2) is 14.8. The number of halogens is 1. The van der Waals surface area contributed by atoms with E-state index in [-0.39, 0.29) is 41.2 Å². The van der Waals surface area contributed by atoms with Gasteiger partial charge in [0, 0.05) is 19.0 Å². The number of nitrogens with two attached hydrogens (primary N) is 1. The number of aliphatic hydroxyl groups excluding tert-OH is 1. The van der Waals surface area contributed by atoms with Crippen molar-refractivity contribution in [1.29, 1.82) is 0 Å². The summed E-state index contributed by atoms with van der Waals surface area (Å²) in [6, 6.07) is 8.16. The van der Waals surface area contributed by atoms with Gasteiger partial charge in [-0.2, -0.15) is 0 Å². The summed E-state index contributed by atoms with van der Waals surface area (Å²) < 4.78 is 0. The van der Waals surface area contributed by atoms with Crippen molar-refractivity contribution in [2.75, 3.05) is 39.3 Å². The molecule has 0 spiro atoms. The standard InChI is InChI=1S/C25H43N5O2.HI/c1-5-27-24(28-14-6-7-15-30-16-12-20(13-17-30)23(26)32)29-18-22(31)19-8-10-21(11-9-19)25(2,3)4;/h8-11,20,22,31H,5-7,12-18H2,1-4H3,(H2,26,32)(H2,27,28,29);1H. The van der Waals surface area contributed by atoms with E-state index < -0.39 is 6.10 Å². The third-order valence-electron chi connectivity index (χ3n) is 6.11. The van der Waals surface area contributed by atoms with E-state index in [4.69, 9.17) is 5.73 Å². The van der Waals surface area contributed by atoms with E-state index in [0.29, 0.717) is 6.54 Å². The van der Waals surface area contributed by atoms with Crippen LogP contribution in [0.2, 0.25) is 0 Å². The molecule has 33 heavy (non-hydrogen) atoms. The van der Waals surface area contributed by atoms with Crippen LogP contribution in [0.1, 0.15) is 70.6 Å². The van der Waals surface area contributed by atoms with Crippen molar-refractivity contribution in [3.05, 3.63) is 35.4 Å². The van der Waals surface area contributed by atoms with Crippen LogP contribution < -0.4 is 16.4 Å². The number of benzene rings is 1. The molecule has 1 heterocycles. The summed E-state index contributed by atoms with van der Waals surface area (Å²) in [5.74, 6) is 0.634. The average Bonchev–Trinajstić information content (AvgIpc) is 2.76. The summed E-state index contributed by atoms with van der Waals surface area (Å²) >= 11 is 0. The van der Waals surface area contributed by atoms with Gasteiger partial charge in [-0.15, -0.1) is 24.0 Å². The summed E-state index contributed by atoms with van der Waals surface area (Å²) in [7, 11) is 0. The van der Waals surface area contributed by atoms with E-state index >= 15 is 0 Å². The fourth-order valence-corrected chi connectivity index (χ4v) is 3.94. The van der Waals surface area contributed by atoms with Gasteiger partial charge in [-0.25, -0.2) is 0 Å². The van der Waals surface area contributed by atoms with E-state index in [0.717, 1.165) is 69.9 Å². The van der Waals surface area contributed by atoms with Crippen molar-refractivity contribution in [1.82, 2.24) is 15.5 Å². The van der Waals surface area contributed by atoms with Crippen molar-refractivity contribution in [3.8, 4) is 0 Å². The van der Waals surface area contributed by atoms with Crippen LogP contribution in [0.5, 0.6) is 0 Å². The fraction of sp³-hybridized carbons (Fsp3) is 0.680. The number of aliphatic imine (C=N–C) groups is 1. The lowest BCUT2D eigenvalue weighted by Gasteiger charge is -2.30. The van der Waals surface area contributed by atoms with Gasteiger partial charge in [0.15, 0.2) is 5.96 Å². The zero-order valence-electron chi connectivity index (χ0n) is 20.8. The van der Waals surface area contributed by atoms with Gasteiger partial charge in [-0.05, 0) is 68.8 Å². The SMILES string of the molecule is CCNC(=NCC(O)c1ccc(C(C)(C)C)cc1)NCCCCN1CCC(C(N)=O)CC1.I. The van der Waals surface area contributed by atoms with Gasteiger partial charge in [0.1, 0.15) is 0 Å². The molecule has 0 aromatic heterocycles. The Labute approximate surface area is 217 Å². The quantitative estimate of drug-likeness (QED) is 0.149. The Morgan fingerprint density at radius 1 is 1.18 bits per heavy atom. The van der Waals surface area contributed by atoms with Crippen LogP contribution in [0.25, 0.3) is 0 Å². The van der Waals surface area contributed by atoms with Crippen LogP contribution in [-0.4, -0.2) is 61.1 Å². The predicted molar refractivity (Wildman–Crippen MR) is 147 cm³/mol. The average molecular weight is 574 g/mol. The van der Waals surface area contributed by atoms with Crippen molar-refractivity contribution < 1.29 is 9.90 Å². The number of amides is 1. The number of primary amides is 1. The highest BCUT2D eigenvalue weighted by molar-refractivity contribution is 14.0. The molecule has 8 heteroatoms. The lowest BCUT2D eigenvalue weighted by Crippen LogP contribution is -2.40. The summed E-state index contributed by atoms with van der Waals surface area (Å²) in [4.78, 5) is 18.2. The molecule has 1 unspecified atom stereocenters. The van der Waals surface area contributed by atoms with Crippen LogP contribution in [0, 0.1) is 5.92 Å². The van der Waals surface area contributed by atoms with E-state index in [2.05, 4.69) is 53.4 Å². The van der Waals surface area contributed by atoms with E-state index in [9.17, 15) is 9.90 Å². The van der Waals surface area contributed by atoms with E-state index in [1.54, 1.807) is 0 Å². The van der Waals surface area contributed by atoms with Gasteiger partial charge in [0.2, 0.25) is 5.91 Å². The number of guanidine groups is 1. The highest BCUT2D eigenvalue weighted by Gasteiger charge is 2.22. The highest BCUT2D eigenvalue weighted by Crippen LogP contribution is 2.24. The molecule has 1 aromatic carbocycles. The summed E-state index contributed by atoms with van der Waals surface area (Å²) in [6.45, 7) is 13.5. The monoisotopic (exact) mass is 573 g/mol. The van der Waals surface area contributed by atoms with Crippen LogP contribution in [-0.2, 0) is 10.2 Å². The first kappa shape index (κ1) is 29.6. The number of nitrogens with zero attached hydrogens (tertiary/aromatic N) is 2. The van der Waals surface area contributed by atoms with Gasteiger partial charge in [0.05, 0.1) is 12.6 Å². The minimum atomic E-state index is -0.622. The number of hydrogen-bond acceptors (Lipinski definition) is 4. The molecular weight excluding hydrogens is 529 g/mol. The second-order valence-electron chi connectivity index (χ2n) is 9.76. The Morgan fingerprint density at radius 2 is 1.82 bits per heavy atom. The first-order chi connectivity index (χ1) is 15.2. The van der Waals surface area contributed by atoms with Gasteiger partial charge in [-0.3, -0.25) is 9.79 Å². The van der Waals surface area contributed by atoms with Gasteiger partial charge in [0.25, 0.3) is 0 Å². The first-order valence-corrected chi connectivity index (χ1v) is 12.0. The van der Waals surface area contributed by atoms with Crippen LogP contribution >= 0.6 is 24.0 Å². The summed E-state index contributed by atoms with van der Waals surface area (Å²) in [6.07, 6.45) is 3.27. The molecule has 1 fully saturated rings. The molecule has 0 bridgehead atoms. The minimum absolute atomic E-state index is 0. The van der Waals surface area contributed by atoms with Gasteiger partial charge < -0.3 is 26.4 Å². The summed E-state index contributed by atoms with van der Waals surface area (Å²) in [5.41, 5.74) is 7.65. The molecule has 1 aliphatic rings. The molecule has 2 rings (SSSR count). The topological polar surface area (TPSA) is 103 Å². The lowest BCUT2D eigenvalue weighted by molar-refractivity contribution is -0.123. The van der Waals surface area contributed by atoms with Gasteiger partial charge in [-0.1, -0.05) is 45.0 Å². The second-order valence-corrected chi connectivity index (χ2v) is 9.76. The summed E-state index contributed by atoms with van der Waals surface area (Å²) in [5, 5.41) is 17.2. The van der Waals surface area contributed by atoms with E-state index in [1.165, 1.54) is 5.56 Å². The van der Waals surface area contributed by atoms with Crippen molar-refractivity contribution >= 4 is 35.8 Å². The molecule has 1 aromatic rings. The molecule has 1 atom stereocenters. The third-order valence-corrected chi connectivity index (χ3v) is 6.11. The number of hydrogen-bond donors (Lipinski definition) is 4. The molecule has 188 valence electrons. The molecular formula is C25H44IN5O2. The van der Waals surface area contributed by atoms with Crippen molar-refractivity contribution in [2.24, 2.45) is 16.6 Å². The Bertz CT molecular complexity index is 725. The number of likely N-dealkylation sites (tertiary alicyclic amines) is 1. The van der Waals surface area contributed by atoms with Crippen molar-refractivity contribution in [3.63, 3.8) is 0 Å². The molecule has 1 aliphatic heterocycles. The van der Waals surface area contributed by atoms with E-state index in [1.807, 2.05) is 19.1 Å². The zero-order chi connectivity index (χ0) is 23.6. The molecule has 0 saturated carbocycles. The molecule has 5 N–H and O–H groups in total. The smallest absolute Gasteiger partial charge is 0.220 e. The largest absolute Gasteiger partial charge is 0.386 e. The van der Waals surface area contributed by atoms with Crippen molar-refractivity contribution in [2.45, 2.75) is 64.9 Å². The fourth-order valence-electron chi connectivity index (χ4n) is 3.94. The Morgan fingerprint density at radius 3 is 2.36 bits per heavy atom. The number of carbonyl (C=O) groups is 1.